The largest absolute Gasteiger partial charge is 0.458 e. The van der Waals surface area contributed by atoms with E-state index in [-0.39, 0.29) is 17.9 Å². The molecule has 4 rings (SSSR count). The summed E-state index contributed by atoms with van der Waals surface area (Å²) < 4.78 is 34.8. The zero-order chi connectivity index (χ0) is 33.8. The summed E-state index contributed by atoms with van der Waals surface area (Å²) >= 11 is 0. The summed E-state index contributed by atoms with van der Waals surface area (Å²) in [5, 5.41) is 13.0. The Bertz CT molecular complexity index is 1710. The minimum Gasteiger partial charge on any atom is -0.458 e. The van der Waals surface area contributed by atoms with Crippen LogP contribution in [0.4, 0.5) is 0 Å². The number of rotatable bonds is 12. The highest BCUT2D eigenvalue weighted by Gasteiger charge is 2.46. The molecule has 0 aromatic heterocycles. The standard InChI is InChI=1S/C33H40N4O8S/c1-33(2,3)45-32(42)25-14-9-17-37(25)31(41)30(40)27(28(35)21-11-5-4-6-12-21)29(39)24(19-26(34)38)36-46(43,44)23-16-15-20-10-7-8-13-22(20)18-23/h4-8,10-13,15-16,18,24-25,27-28,30,36,40H,9,14,17,19,35H2,1-3H3,(H2,34,38)/t24-,25-,27+,28?,30?/m0/s1. The zero-order valence-corrected chi connectivity index (χ0v) is 26.8. The number of nitrogens with two attached hydrogens (primary N) is 2. The maximum absolute atomic E-state index is 14.2. The van der Waals surface area contributed by atoms with Crippen molar-refractivity contribution in [3.05, 3.63) is 78.4 Å². The van der Waals surface area contributed by atoms with Gasteiger partial charge < -0.3 is 26.2 Å². The van der Waals surface area contributed by atoms with Crippen LogP contribution in [0.1, 0.15) is 51.6 Å². The van der Waals surface area contributed by atoms with Gasteiger partial charge in [-0.15, -0.1) is 0 Å². The number of aliphatic hydroxyl groups is 1. The fourth-order valence-electron chi connectivity index (χ4n) is 5.60. The van der Waals surface area contributed by atoms with E-state index in [1.165, 1.54) is 12.1 Å². The molecule has 12 nitrogen and oxygen atoms in total. The smallest absolute Gasteiger partial charge is 0.329 e. The molecule has 2 amide bonds. The molecule has 0 saturated carbocycles. The molecule has 1 aliphatic rings. The number of hydrogen-bond donors (Lipinski definition) is 4. The molecule has 1 aliphatic heterocycles. The van der Waals surface area contributed by atoms with E-state index >= 15 is 0 Å². The first kappa shape index (κ1) is 34.7. The number of amides is 2. The van der Waals surface area contributed by atoms with Crippen LogP contribution in [0.25, 0.3) is 10.8 Å². The number of ether oxygens (including phenoxy) is 1. The van der Waals surface area contributed by atoms with Crippen LogP contribution >= 0.6 is 0 Å². The average molecular weight is 653 g/mol. The van der Waals surface area contributed by atoms with Gasteiger partial charge in [0.15, 0.2) is 5.78 Å². The van der Waals surface area contributed by atoms with Gasteiger partial charge in [0.05, 0.1) is 16.9 Å². The predicted molar refractivity (Wildman–Crippen MR) is 170 cm³/mol. The SMILES string of the molecule is CC(C)(C)OC(=O)[C@@H]1CCCN1C(=O)C(O)[C@@H](C(=O)[C@H](CC(N)=O)NS(=O)(=O)c1ccc2ccccc2c1)C(N)c1ccccc1. The number of carbonyl (C=O) groups excluding carboxylic acids is 4. The Morgan fingerprint density at radius 1 is 1.00 bits per heavy atom. The van der Waals surface area contributed by atoms with Crippen molar-refractivity contribution in [1.29, 1.82) is 0 Å². The second-order valence-corrected chi connectivity index (χ2v) is 14.1. The number of likely N-dealkylation sites (tertiary alicyclic amines) is 1. The lowest BCUT2D eigenvalue weighted by atomic mass is 9.82. The van der Waals surface area contributed by atoms with E-state index in [1.807, 2.05) is 0 Å². The van der Waals surface area contributed by atoms with Crippen molar-refractivity contribution in [1.82, 2.24) is 9.62 Å². The lowest BCUT2D eigenvalue weighted by molar-refractivity contribution is -0.166. The summed E-state index contributed by atoms with van der Waals surface area (Å²) in [4.78, 5) is 54.1. The van der Waals surface area contributed by atoms with Gasteiger partial charge in [-0.05, 0) is 62.1 Å². The van der Waals surface area contributed by atoms with Crippen molar-refractivity contribution >= 4 is 44.4 Å². The first-order chi connectivity index (χ1) is 21.6. The van der Waals surface area contributed by atoms with Gasteiger partial charge in [0.2, 0.25) is 15.9 Å². The molecule has 46 heavy (non-hydrogen) atoms. The summed E-state index contributed by atoms with van der Waals surface area (Å²) in [6, 6.07) is 15.5. The Labute approximate surface area is 268 Å². The van der Waals surface area contributed by atoms with E-state index in [4.69, 9.17) is 16.2 Å². The Morgan fingerprint density at radius 2 is 1.63 bits per heavy atom. The normalized spacial score (nSPS) is 18.0. The van der Waals surface area contributed by atoms with Gasteiger partial charge in [0, 0.05) is 19.0 Å². The fraction of sp³-hybridized carbons (Fsp3) is 0.394. The highest BCUT2D eigenvalue weighted by atomic mass is 32.2. The molecule has 0 spiro atoms. The molecule has 1 heterocycles. The van der Waals surface area contributed by atoms with Gasteiger partial charge in [0.25, 0.3) is 5.91 Å². The molecule has 3 aromatic carbocycles. The van der Waals surface area contributed by atoms with E-state index in [2.05, 4.69) is 4.72 Å². The topological polar surface area (TPSA) is 199 Å². The van der Waals surface area contributed by atoms with Gasteiger partial charge >= 0.3 is 5.97 Å². The minimum absolute atomic E-state index is 0.112. The molecule has 2 unspecified atom stereocenters. The fourth-order valence-corrected chi connectivity index (χ4v) is 6.84. The van der Waals surface area contributed by atoms with Gasteiger partial charge in [-0.1, -0.05) is 60.7 Å². The maximum atomic E-state index is 14.2. The highest BCUT2D eigenvalue weighted by Crippen LogP contribution is 2.30. The summed E-state index contributed by atoms with van der Waals surface area (Å²) in [5.74, 6) is -5.37. The predicted octanol–water partition coefficient (Wildman–Crippen LogP) is 1.94. The van der Waals surface area contributed by atoms with Crippen molar-refractivity contribution in [3.63, 3.8) is 0 Å². The van der Waals surface area contributed by atoms with Gasteiger partial charge in [-0.25, -0.2) is 17.9 Å². The lowest BCUT2D eigenvalue weighted by Gasteiger charge is -2.34. The molecule has 0 aliphatic carbocycles. The maximum Gasteiger partial charge on any atom is 0.329 e. The van der Waals surface area contributed by atoms with Crippen LogP contribution in [0.5, 0.6) is 0 Å². The third kappa shape index (κ3) is 8.15. The molecule has 5 atom stereocenters. The first-order valence-corrected chi connectivity index (χ1v) is 16.4. The number of hydrogen-bond acceptors (Lipinski definition) is 9. The summed E-state index contributed by atoms with van der Waals surface area (Å²) in [6.45, 7) is 5.17. The average Bonchev–Trinajstić information content (AvgIpc) is 3.50. The second kappa shape index (κ2) is 14.1. The number of benzene rings is 3. The Hall–Kier alpha value is -4.17. The van der Waals surface area contributed by atoms with Crippen molar-refractivity contribution < 1.29 is 37.4 Å². The Kier molecular flexibility index (Phi) is 10.6. The molecule has 246 valence electrons. The number of nitrogens with zero attached hydrogens (tertiary/aromatic N) is 1. The molecular formula is C33H40N4O8S. The van der Waals surface area contributed by atoms with Gasteiger partial charge in [-0.2, -0.15) is 0 Å². The van der Waals surface area contributed by atoms with Gasteiger partial charge in [-0.3, -0.25) is 14.4 Å². The molecule has 0 radical (unpaired) electrons. The van der Waals surface area contributed by atoms with Crippen molar-refractivity contribution in [2.24, 2.45) is 17.4 Å². The monoisotopic (exact) mass is 652 g/mol. The summed E-state index contributed by atoms with van der Waals surface area (Å²) in [7, 11) is -4.42. The van der Waals surface area contributed by atoms with Crippen LogP contribution in [0, 0.1) is 5.92 Å². The van der Waals surface area contributed by atoms with E-state index < -0.39 is 75.8 Å². The van der Waals surface area contributed by atoms with Crippen LogP contribution in [-0.2, 0) is 33.9 Å². The molecule has 0 bridgehead atoms. The van der Waals surface area contributed by atoms with E-state index in [1.54, 1.807) is 81.4 Å². The van der Waals surface area contributed by atoms with E-state index in [0.717, 1.165) is 10.3 Å². The minimum atomic E-state index is -4.42. The number of primary amides is 1. The summed E-state index contributed by atoms with van der Waals surface area (Å²) in [5.41, 5.74) is 11.5. The van der Waals surface area contributed by atoms with Crippen LogP contribution in [0.2, 0.25) is 0 Å². The highest BCUT2D eigenvalue weighted by molar-refractivity contribution is 7.89. The molecule has 3 aromatic rings. The number of carbonyl (C=O) groups is 4. The van der Waals surface area contributed by atoms with Crippen LogP contribution in [0.3, 0.4) is 0 Å². The Balaban J connectivity index is 1.70. The van der Waals surface area contributed by atoms with Crippen LogP contribution < -0.4 is 16.2 Å². The van der Waals surface area contributed by atoms with Crippen molar-refractivity contribution in [3.8, 4) is 0 Å². The number of fused-ring (bicyclic) bond motifs is 1. The molecule has 1 saturated heterocycles. The number of Topliss-reactive ketones (excluding diaryl/α,β-unsaturated/α-hetero) is 1. The molecule has 6 N–H and O–H groups in total. The number of ketones is 1. The molecule has 1 fully saturated rings. The summed E-state index contributed by atoms with van der Waals surface area (Å²) in [6.07, 6.45) is -2.14. The van der Waals surface area contributed by atoms with E-state index in [9.17, 15) is 32.7 Å². The van der Waals surface area contributed by atoms with Crippen molar-refractivity contribution in [2.75, 3.05) is 6.54 Å². The number of nitrogens with one attached hydrogen (secondary N) is 1. The van der Waals surface area contributed by atoms with Gasteiger partial charge in [0.1, 0.15) is 17.7 Å². The first-order valence-electron chi connectivity index (χ1n) is 14.9. The van der Waals surface area contributed by atoms with Crippen molar-refractivity contribution in [2.45, 2.75) is 74.8 Å². The number of esters is 1. The lowest BCUT2D eigenvalue weighted by Crippen LogP contribution is -2.55. The third-order valence-electron chi connectivity index (χ3n) is 7.79. The van der Waals surface area contributed by atoms with Crippen LogP contribution in [0.15, 0.2) is 77.7 Å². The molecular weight excluding hydrogens is 612 g/mol. The quantitative estimate of drug-likeness (QED) is 0.211. The Morgan fingerprint density at radius 3 is 2.26 bits per heavy atom. The zero-order valence-electron chi connectivity index (χ0n) is 26.0. The van der Waals surface area contributed by atoms with Crippen LogP contribution in [-0.4, -0.2) is 72.3 Å². The number of sulfonamides is 1. The second-order valence-electron chi connectivity index (χ2n) is 12.4. The van der Waals surface area contributed by atoms with E-state index in [0.29, 0.717) is 17.4 Å². The third-order valence-corrected chi connectivity index (χ3v) is 9.25. The number of aliphatic hydroxyl groups excluding tert-OH is 1. The molecule has 13 heteroatoms.